The first kappa shape index (κ1) is 16.1. The molecule has 0 saturated heterocycles. The van der Waals surface area contributed by atoms with Crippen LogP contribution in [0.15, 0.2) is 48.5 Å². The number of carbonyl (C=O) groups is 1. The first-order chi connectivity index (χ1) is 11.2. The number of carbonyl (C=O) groups excluding carboxylic acids is 1. The molecule has 2 rings (SSSR count). The second kappa shape index (κ2) is 7.66. The molecule has 0 aliphatic rings. The van der Waals surface area contributed by atoms with Crippen molar-refractivity contribution in [3.63, 3.8) is 0 Å². The van der Waals surface area contributed by atoms with Gasteiger partial charge in [-0.25, -0.2) is 4.79 Å². The molecule has 0 aliphatic heterocycles. The SMILES string of the molecule is COc1ccc(OC)c(/C=C/C(=O)Oc2ccccc2C#N)c1. The van der Waals surface area contributed by atoms with Crippen LogP contribution in [-0.2, 0) is 4.79 Å². The number of para-hydroxylation sites is 1. The molecule has 0 spiro atoms. The highest BCUT2D eigenvalue weighted by molar-refractivity contribution is 5.89. The molecule has 0 saturated carbocycles. The van der Waals surface area contributed by atoms with Gasteiger partial charge in [0.15, 0.2) is 0 Å². The zero-order chi connectivity index (χ0) is 16.7. The van der Waals surface area contributed by atoms with E-state index in [9.17, 15) is 4.79 Å². The van der Waals surface area contributed by atoms with Crippen LogP contribution in [0.5, 0.6) is 17.2 Å². The molecule has 23 heavy (non-hydrogen) atoms. The molecule has 0 amide bonds. The van der Waals surface area contributed by atoms with Gasteiger partial charge in [0.25, 0.3) is 0 Å². The zero-order valence-electron chi connectivity index (χ0n) is 12.8. The minimum Gasteiger partial charge on any atom is -0.497 e. The Bertz CT molecular complexity index is 775. The Morgan fingerprint density at radius 1 is 1.09 bits per heavy atom. The van der Waals surface area contributed by atoms with E-state index in [2.05, 4.69) is 0 Å². The van der Waals surface area contributed by atoms with Crippen LogP contribution in [0, 0.1) is 11.3 Å². The lowest BCUT2D eigenvalue weighted by molar-refractivity contribution is -0.128. The van der Waals surface area contributed by atoms with Crippen molar-refractivity contribution in [2.24, 2.45) is 0 Å². The summed E-state index contributed by atoms with van der Waals surface area (Å²) in [6, 6.07) is 13.8. The van der Waals surface area contributed by atoms with E-state index in [1.54, 1.807) is 62.8 Å². The van der Waals surface area contributed by atoms with Gasteiger partial charge in [-0.15, -0.1) is 0 Å². The highest BCUT2D eigenvalue weighted by atomic mass is 16.5. The van der Waals surface area contributed by atoms with Gasteiger partial charge in [0, 0.05) is 11.6 Å². The summed E-state index contributed by atoms with van der Waals surface area (Å²) in [5.74, 6) is 0.890. The highest BCUT2D eigenvalue weighted by Gasteiger charge is 2.07. The number of nitriles is 1. The van der Waals surface area contributed by atoms with Crippen LogP contribution >= 0.6 is 0 Å². The summed E-state index contributed by atoms with van der Waals surface area (Å²) >= 11 is 0. The van der Waals surface area contributed by atoms with E-state index in [0.717, 1.165) is 0 Å². The monoisotopic (exact) mass is 309 g/mol. The minimum atomic E-state index is -0.586. The predicted octanol–water partition coefficient (Wildman–Crippen LogP) is 3.19. The van der Waals surface area contributed by atoms with E-state index in [1.165, 1.54) is 6.08 Å². The van der Waals surface area contributed by atoms with E-state index in [-0.39, 0.29) is 5.75 Å². The van der Waals surface area contributed by atoms with Gasteiger partial charge in [0.2, 0.25) is 0 Å². The van der Waals surface area contributed by atoms with E-state index in [0.29, 0.717) is 22.6 Å². The fourth-order valence-corrected chi connectivity index (χ4v) is 1.92. The van der Waals surface area contributed by atoms with Crippen LogP contribution in [0.4, 0.5) is 0 Å². The Kier molecular flexibility index (Phi) is 5.37. The van der Waals surface area contributed by atoms with Crippen molar-refractivity contribution in [1.29, 1.82) is 5.26 Å². The molecular weight excluding hydrogens is 294 g/mol. The summed E-state index contributed by atoms with van der Waals surface area (Å²) in [5, 5.41) is 8.98. The molecule has 5 heteroatoms. The van der Waals surface area contributed by atoms with Crippen molar-refractivity contribution in [2.45, 2.75) is 0 Å². The zero-order valence-corrected chi connectivity index (χ0v) is 12.8. The molecule has 0 radical (unpaired) electrons. The van der Waals surface area contributed by atoms with Gasteiger partial charge in [-0.3, -0.25) is 0 Å². The lowest BCUT2D eigenvalue weighted by Gasteiger charge is -2.07. The lowest BCUT2D eigenvalue weighted by Crippen LogP contribution is -2.05. The maximum atomic E-state index is 11.9. The summed E-state index contributed by atoms with van der Waals surface area (Å²) in [6.07, 6.45) is 2.84. The average Bonchev–Trinajstić information content (AvgIpc) is 2.60. The van der Waals surface area contributed by atoms with Crippen molar-refractivity contribution >= 4 is 12.0 Å². The van der Waals surface area contributed by atoms with E-state index in [1.807, 2.05) is 6.07 Å². The van der Waals surface area contributed by atoms with E-state index in [4.69, 9.17) is 19.5 Å². The topological polar surface area (TPSA) is 68.6 Å². The summed E-state index contributed by atoms with van der Waals surface area (Å²) in [4.78, 5) is 11.9. The quantitative estimate of drug-likeness (QED) is 0.482. The van der Waals surface area contributed by atoms with Crippen LogP contribution in [0.3, 0.4) is 0 Å². The highest BCUT2D eigenvalue weighted by Crippen LogP contribution is 2.25. The Hall–Kier alpha value is -3.26. The van der Waals surface area contributed by atoms with Gasteiger partial charge in [-0.1, -0.05) is 12.1 Å². The standard InChI is InChI=1S/C18H15NO4/c1-21-15-8-9-16(22-2)13(11-15)7-10-18(20)23-17-6-4-3-5-14(17)12-19/h3-11H,1-2H3/b10-7+. The maximum Gasteiger partial charge on any atom is 0.336 e. The summed E-state index contributed by atoms with van der Waals surface area (Å²) < 4.78 is 15.5. The molecule has 0 N–H and O–H groups in total. The van der Waals surface area contributed by atoms with Gasteiger partial charge in [0.05, 0.1) is 19.8 Å². The number of hydrogen-bond acceptors (Lipinski definition) is 5. The number of ether oxygens (including phenoxy) is 3. The number of esters is 1. The largest absolute Gasteiger partial charge is 0.497 e. The molecule has 0 heterocycles. The minimum absolute atomic E-state index is 0.224. The normalized spacial score (nSPS) is 10.1. The molecule has 0 bridgehead atoms. The summed E-state index contributed by atoms with van der Waals surface area (Å²) in [7, 11) is 3.10. The third-order valence-electron chi connectivity index (χ3n) is 3.05. The van der Waals surface area contributed by atoms with Gasteiger partial charge >= 0.3 is 5.97 Å². The molecule has 0 atom stereocenters. The second-order valence-electron chi connectivity index (χ2n) is 4.47. The number of methoxy groups -OCH3 is 2. The third kappa shape index (κ3) is 4.11. The second-order valence-corrected chi connectivity index (χ2v) is 4.47. The fraction of sp³-hybridized carbons (Fsp3) is 0.111. The Morgan fingerprint density at radius 2 is 1.87 bits per heavy atom. The number of benzene rings is 2. The maximum absolute atomic E-state index is 11.9. The van der Waals surface area contributed by atoms with Crippen LogP contribution in [-0.4, -0.2) is 20.2 Å². The average molecular weight is 309 g/mol. The Labute approximate surface area is 134 Å². The van der Waals surface area contributed by atoms with Crippen LogP contribution in [0.25, 0.3) is 6.08 Å². The van der Waals surface area contributed by atoms with E-state index >= 15 is 0 Å². The number of nitrogens with zero attached hydrogens (tertiary/aromatic N) is 1. The summed E-state index contributed by atoms with van der Waals surface area (Å²) in [6.45, 7) is 0. The van der Waals surface area contributed by atoms with Gasteiger partial charge < -0.3 is 14.2 Å². The van der Waals surface area contributed by atoms with Crippen LogP contribution in [0.2, 0.25) is 0 Å². The molecule has 0 unspecified atom stereocenters. The molecule has 0 aromatic heterocycles. The molecule has 0 fully saturated rings. The van der Waals surface area contributed by atoms with Crippen molar-refractivity contribution in [1.82, 2.24) is 0 Å². The molecule has 2 aromatic rings. The van der Waals surface area contributed by atoms with Crippen molar-refractivity contribution in [3.05, 3.63) is 59.7 Å². The smallest absolute Gasteiger partial charge is 0.336 e. The first-order valence-corrected chi connectivity index (χ1v) is 6.79. The molecular formula is C18H15NO4. The Morgan fingerprint density at radius 3 is 2.57 bits per heavy atom. The predicted molar refractivity (Wildman–Crippen MR) is 85.4 cm³/mol. The number of hydrogen-bond donors (Lipinski definition) is 0. The van der Waals surface area contributed by atoms with Crippen molar-refractivity contribution < 1.29 is 19.0 Å². The third-order valence-corrected chi connectivity index (χ3v) is 3.05. The number of rotatable bonds is 5. The van der Waals surface area contributed by atoms with Crippen LogP contribution in [0.1, 0.15) is 11.1 Å². The molecule has 5 nitrogen and oxygen atoms in total. The van der Waals surface area contributed by atoms with E-state index < -0.39 is 5.97 Å². The van der Waals surface area contributed by atoms with Gasteiger partial charge in [-0.2, -0.15) is 5.26 Å². The fourth-order valence-electron chi connectivity index (χ4n) is 1.92. The van der Waals surface area contributed by atoms with Crippen molar-refractivity contribution in [3.8, 4) is 23.3 Å². The first-order valence-electron chi connectivity index (χ1n) is 6.79. The molecule has 0 aliphatic carbocycles. The van der Waals surface area contributed by atoms with Gasteiger partial charge in [0.1, 0.15) is 23.3 Å². The lowest BCUT2D eigenvalue weighted by atomic mass is 10.1. The van der Waals surface area contributed by atoms with Crippen molar-refractivity contribution in [2.75, 3.05) is 14.2 Å². The summed E-state index contributed by atoms with van der Waals surface area (Å²) in [5.41, 5.74) is 0.977. The molecule has 2 aromatic carbocycles. The van der Waals surface area contributed by atoms with Gasteiger partial charge in [-0.05, 0) is 36.4 Å². The molecule has 116 valence electrons. The van der Waals surface area contributed by atoms with Crippen LogP contribution < -0.4 is 14.2 Å². The Balaban J connectivity index is 2.17.